The fourth-order valence-corrected chi connectivity index (χ4v) is 3.02. The summed E-state index contributed by atoms with van der Waals surface area (Å²) in [6.07, 6.45) is 23.7. The normalized spacial score (nSPS) is 10.6. The summed E-state index contributed by atoms with van der Waals surface area (Å²) in [5.74, 6) is 0.216. The first-order valence-electron chi connectivity index (χ1n) is 9.80. The van der Waals surface area contributed by atoms with E-state index in [0.29, 0.717) is 6.42 Å². The molecule has 0 radical (unpaired) electrons. The summed E-state index contributed by atoms with van der Waals surface area (Å²) in [5.41, 5.74) is 0. The van der Waals surface area contributed by atoms with Gasteiger partial charge in [0.25, 0.3) is 6.33 Å². The molecule has 3 nitrogen and oxygen atoms in total. The second kappa shape index (κ2) is 15.7. The van der Waals surface area contributed by atoms with Crippen molar-refractivity contribution in [2.24, 2.45) is 7.05 Å². The largest absolute Gasteiger partial charge is 1.00 e. The zero-order valence-electron chi connectivity index (χ0n) is 15.8. The predicted molar refractivity (Wildman–Crippen MR) is 96.5 cm³/mol. The highest BCUT2D eigenvalue weighted by molar-refractivity contribution is 5.78. The van der Waals surface area contributed by atoms with Gasteiger partial charge < -0.3 is 12.4 Å². The van der Waals surface area contributed by atoms with Gasteiger partial charge in [-0.3, -0.25) is 0 Å². The number of imidazole rings is 1. The highest BCUT2D eigenvalue weighted by Gasteiger charge is 2.10. The van der Waals surface area contributed by atoms with Crippen LogP contribution in [0.3, 0.4) is 0 Å². The maximum atomic E-state index is 11.9. The van der Waals surface area contributed by atoms with Crippen molar-refractivity contribution in [3.63, 3.8) is 0 Å². The Kier molecular flexibility index (Phi) is 15.1. The summed E-state index contributed by atoms with van der Waals surface area (Å²) in [6, 6.07) is 0. The van der Waals surface area contributed by atoms with Crippen LogP contribution in [0.15, 0.2) is 18.7 Å². The average Bonchev–Trinajstić information content (AvgIpc) is 2.98. The van der Waals surface area contributed by atoms with E-state index in [9.17, 15) is 4.79 Å². The van der Waals surface area contributed by atoms with Crippen LogP contribution in [0.5, 0.6) is 0 Å². The van der Waals surface area contributed by atoms with E-state index in [1.54, 1.807) is 4.57 Å². The molecule has 0 N–H and O–H groups in total. The van der Waals surface area contributed by atoms with E-state index in [0.717, 1.165) is 6.42 Å². The van der Waals surface area contributed by atoms with Gasteiger partial charge in [-0.25, -0.2) is 9.36 Å². The molecule has 0 aliphatic heterocycles. The Morgan fingerprint density at radius 1 is 0.833 bits per heavy atom. The Hall–Kier alpha value is -0.830. The van der Waals surface area contributed by atoms with Crippen molar-refractivity contribution in [1.82, 2.24) is 4.57 Å². The Bertz CT molecular complexity index is 418. The van der Waals surface area contributed by atoms with Crippen LogP contribution >= 0.6 is 0 Å². The third-order valence-corrected chi connectivity index (χ3v) is 4.55. The van der Waals surface area contributed by atoms with Gasteiger partial charge in [0.15, 0.2) is 0 Å². The summed E-state index contributed by atoms with van der Waals surface area (Å²) in [4.78, 5) is 11.9. The minimum atomic E-state index is 0. The molecule has 0 saturated carbocycles. The van der Waals surface area contributed by atoms with Crippen LogP contribution in [0.25, 0.3) is 0 Å². The van der Waals surface area contributed by atoms with Crippen LogP contribution < -0.4 is 17.0 Å². The van der Waals surface area contributed by atoms with E-state index in [4.69, 9.17) is 0 Å². The number of hydrogen-bond acceptors (Lipinski definition) is 1. The van der Waals surface area contributed by atoms with Gasteiger partial charge in [-0.2, -0.15) is 4.57 Å². The lowest BCUT2D eigenvalue weighted by Crippen LogP contribution is -3.00. The number of nitrogens with zero attached hydrogens (tertiary/aromatic N) is 2. The molecule has 0 atom stereocenters. The Balaban J connectivity index is 0.00000529. The fraction of sp³-hybridized carbons (Fsp3) is 0.800. The Morgan fingerprint density at radius 3 is 1.71 bits per heavy atom. The molecule has 1 heterocycles. The van der Waals surface area contributed by atoms with Crippen molar-refractivity contribution >= 4 is 5.91 Å². The van der Waals surface area contributed by atoms with Crippen molar-refractivity contribution in [2.75, 3.05) is 0 Å². The monoisotopic (exact) mass is 356 g/mol. The van der Waals surface area contributed by atoms with E-state index in [-0.39, 0.29) is 18.3 Å². The average molecular weight is 357 g/mol. The summed E-state index contributed by atoms with van der Waals surface area (Å²) in [5, 5.41) is 0. The van der Waals surface area contributed by atoms with Gasteiger partial charge in [0.05, 0.1) is 13.5 Å². The molecule has 0 spiro atoms. The van der Waals surface area contributed by atoms with Crippen LogP contribution in [-0.2, 0) is 7.05 Å². The standard InChI is InChI=1S/C20H37N2O.ClH/c1-3-4-5-6-7-8-9-10-11-12-13-14-15-16-20(23)22-18-17-21(2)19-22;/h17-19H,3-16H2,1-2H3;1H/q+1;/p-1. The number of unbranched alkanes of at least 4 members (excludes halogenated alkanes) is 12. The van der Waals surface area contributed by atoms with Gasteiger partial charge in [0, 0.05) is 0 Å². The van der Waals surface area contributed by atoms with Gasteiger partial charge in [0.1, 0.15) is 12.4 Å². The highest BCUT2D eigenvalue weighted by Crippen LogP contribution is 2.13. The van der Waals surface area contributed by atoms with E-state index in [1.165, 1.54) is 77.0 Å². The molecule has 0 saturated heterocycles. The summed E-state index contributed by atoms with van der Waals surface area (Å²) in [7, 11) is 1.94. The second-order valence-electron chi connectivity index (χ2n) is 6.87. The second-order valence-corrected chi connectivity index (χ2v) is 6.87. The van der Waals surface area contributed by atoms with E-state index in [2.05, 4.69) is 6.92 Å². The summed E-state index contributed by atoms with van der Waals surface area (Å²) < 4.78 is 3.60. The lowest BCUT2D eigenvalue weighted by Gasteiger charge is -2.02. The number of aryl methyl sites for hydroxylation is 1. The van der Waals surface area contributed by atoms with Crippen LogP contribution in [0.4, 0.5) is 0 Å². The third-order valence-electron chi connectivity index (χ3n) is 4.55. The third kappa shape index (κ3) is 11.7. The van der Waals surface area contributed by atoms with Crippen molar-refractivity contribution in [2.45, 2.75) is 96.8 Å². The van der Waals surface area contributed by atoms with Gasteiger partial charge in [-0.15, -0.1) is 0 Å². The molecule has 4 heteroatoms. The van der Waals surface area contributed by atoms with Crippen molar-refractivity contribution in [1.29, 1.82) is 0 Å². The van der Waals surface area contributed by atoms with Crippen molar-refractivity contribution in [3.05, 3.63) is 18.7 Å². The molecule has 0 bridgehead atoms. The SMILES string of the molecule is CCCCCCCCCCCCCCCC(=O)n1cc[n+](C)c1.[Cl-]. The molecule has 0 amide bonds. The van der Waals surface area contributed by atoms with Crippen LogP contribution in [-0.4, -0.2) is 10.5 Å². The topological polar surface area (TPSA) is 25.9 Å². The van der Waals surface area contributed by atoms with Gasteiger partial charge in [-0.05, 0) is 6.42 Å². The number of halogens is 1. The van der Waals surface area contributed by atoms with Gasteiger partial charge in [0.2, 0.25) is 0 Å². The molecular weight excluding hydrogens is 320 g/mol. The molecule has 0 aromatic carbocycles. The van der Waals surface area contributed by atoms with Crippen LogP contribution in [0.1, 0.15) is 102 Å². The molecule has 0 fully saturated rings. The van der Waals surface area contributed by atoms with Crippen LogP contribution in [0.2, 0.25) is 0 Å². The van der Waals surface area contributed by atoms with Crippen molar-refractivity contribution in [3.8, 4) is 0 Å². The Labute approximate surface area is 155 Å². The first kappa shape index (κ1) is 23.2. The number of aromatic nitrogens is 2. The number of carbonyl (C=O) groups is 1. The molecular formula is C20H37ClN2O. The fourth-order valence-electron chi connectivity index (χ4n) is 3.02. The lowest BCUT2D eigenvalue weighted by molar-refractivity contribution is -0.670. The number of hydrogen-bond donors (Lipinski definition) is 0. The highest BCUT2D eigenvalue weighted by atomic mass is 35.5. The molecule has 0 aliphatic rings. The molecule has 1 rings (SSSR count). The van der Waals surface area contributed by atoms with E-state index >= 15 is 0 Å². The maximum absolute atomic E-state index is 11.9. The molecule has 0 aliphatic carbocycles. The summed E-state index contributed by atoms with van der Waals surface area (Å²) >= 11 is 0. The minimum Gasteiger partial charge on any atom is -1.00 e. The lowest BCUT2D eigenvalue weighted by atomic mass is 10.0. The number of carbonyl (C=O) groups excluding carboxylic acids is 1. The predicted octanol–water partition coefficient (Wildman–Crippen LogP) is 2.44. The zero-order chi connectivity index (χ0) is 16.8. The molecule has 1 aromatic rings. The van der Waals surface area contributed by atoms with E-state index < -0.39 is 0 Å². The first-order valence-corrected chi connectivity index (χ1v) is 9.80. The van der Waals surface area contributed by atoms with E-state index in [1.807, 2.05) is 30.3 Å². The number of rotatable bonds is 14. The van der Waals surface area contributed by atoms with Gasteiger partial charge in [-0.1, -0.05) is 84.0 Å². The molecule has 140 valence electrons. The maximum Gasteiger partial charge on any atom is 0.313 e. The molecule has 1 aromatic heterocycles. The molecule has 0 unspecified atom stereocenters. The van der Waals surface area contributed by atoms with Crippen LogP contribution in [0, 0.1) is 0 Å². The molecule has 24 heavy (non-hydrogen) atoms. The minimum absolute atomic E-state index is 0. The van der Waals surface area contributed by atoms with Gasteiger partial charge >= 0.3 is 5.91 Å². The first-order chi connectivity index (χ1) is 11.2. The smallest absolute Gasteiger partial charge is 0.313 e. The van der Waals surface area contributed by atoms with Crippen molar-refractivity contribution < 1.29 is 21.8 Å². The Morgan fingerprint density at radius 2 is 1.29 bits per heavy atom. The summed E-state index contributed by atoms with van der Waals surface area (Å²) in [6.45, 7) is 2.27. The quantitative estimate of drug-likeness (QED) is 0.371. The zero-order valence-corrected chi connectivity index (χ0v) is 16.6.